The smallest absolute Gasteiger partial charge is 0.309 e. The molecule has 0 fully saturated rings. The maximum absolute atomic E-state index is 12.8. The third kappa shape index (κ3) is 3.73. The summed E-state index contributed by atoms with van der Waals surface area (Å²) in [5.41, 5.74) is 0.337. The standard InChI is InChI=1S/C12H13FO3/c1-2-16-12(15)5-3-4-9-8-10(13)6-7-11(9)14/h3-4,6-8,14H,2,5H2,1H3. The summed E-state index contributed by atoms with van der Waals surface area (Å²) in [7, 11) is 0. The molecule has 1 aromatic rings. The Kier molecular flexibility index (Phi) is 4.51. The van der Waals surface area contributed by atoms with Crippen molar-refractivity contribution in [2.75, 3.05) is 6.61 Å². The van der Waals surface area contributed by atoms with E-state index >= 15 is 0 Å². The van der Waals surface area contributed by atoms with Crippen molar-refractivity contribution in [2.45, 2.75) is 13.3 Å². The number of phenols is 1. The number of carbonyl (C=O) groups excluding carboxylic acids is 1. The van der Waals surface area contributed by atoms with Crippen LogP contribution in [0.25, 0.3) is 6.08 Å². The Hall–Kier alpha value is -1.84. The van der Waals surface area contributed by atoms with E-state index < -0.39 is 5.82 Å². The van der Waals surface area contributed by atoms with Gasteiger partial charge in [-0.15, -0.1) is 0 Å². The quantitative estimate of drug-likeness (QED) is 0.799. The Morgan fingerprint density at radius 2 is 2.31 bits per heavy atom. The van der Waals surface area contributed by atoms with Gasteiger partial charge in [-0.25, -0.2) is 4.39 Å². The molecule has 0 amide bonds. The number of ether oxygens (including phenoxy) is 1. The molecule has 0 atom stereocenters. The van der Waals surface area contributed by atoms with Crippen molar-refractivity contribution in [1.82, 2.24) is 0 Å². The van der Waals surface area contributed by atoms with E-state index in [1.54, 1.807) is 6.92 Å². The van der Waals surface area contributed by atoms with Gasteiger partial charge in [0.25, 0.3) is 0 Å². The van der Waals surface area contributed by atoms with Crippen molar-refractivity contribution < 1.29 is 19.0 Å². The van der Waals surface area contributed by atoms with Crippen LogP contribution in [-0.4, -0.2) is 17.7 Å². The number of hydrogen-bond donors (Lipinski definition) is 1. The van der Waals surface area contributed by atoms with E-state index in [9.17, 15) is 14.3 Å². The van der Waals surface area contributed by atoms with Crippen LogP contribution in [0.1, 0.15) is 18.9 Å². The van der Waals surface area contributed by atoms with Crippen molar-refractivity contribution >= 4 is 12.0 Å². The zero-order chi connectivity index (χ0) is 12.0. The van der Waals surface area contributed by atoms with Gasteiger partial charge in [0.2, 0.25) is 0 Å². The number of carbonyl (C=O) groups is 1. The molecule has 0 saturated heterocycles. The van der Waals surface area contributed by atoms with Gasteiger partial charge in [0, 0.05) is 5.56 Å². The van der Waals surface area contributed by atoms with E-state index in [1.165, 1.54) is 24.3 Å². The molecule has 0 aromatic heterocycles. The Balaban J connectivity index is 2.62. The topological polar surface area (TPSA) is 46.5 Å². The number of benzene rings is 1. The molecule has 0 radical (unpaired) electrons. The van der Waals surface area contributed by atoms with Crippen molar-refractivity contribution in [3.8, 4) is 5.75 Å². The number of esters is 1. The minimum absolute atomic E-state index is 0.0264. The molecule has 3 nitrogen and oxygen atoms in total. The zero-order valence-electron chi connectivity index (χ0n) is 8.94. The maximum Gasteiger partial charge on any atom is 0.309 e. The molecule has 0 aliphatic carbocycles. The van der Waals surface area contributed by atoms with Gasteiger partial charge in [-0.3, -0.25) is 4.79 Å². The lowest BCUT2D eigenvalue weighted by Crippen LogP contribution is -2.01. The van der Waals surface area contributed by atoms with Gasteiger partial charge in [-0.05, 0) is 25.1 Å². The second-order valence-corrected chi connectivity index (χ2v) is 3.11. The summed E-state index contributed by atoms with van der Waals surface area (Å²) in [6.07, 6.45) is 3.10. The molecule has 0 heterocycles. The van der Waals surface area contributed by atoms with Crippen LogP contribution in [0.5, 0.6) is 5.75 Å². The Morgan fingerprint density at radius 3 is 3.00 bits per heavy atom. The van der Waals surface area contributed by atoms with Crippen LogP contribution < -0.4 is 0 Å². The normalized spacial score (nSPS) is 10.6. The van der Waals surface area contributed by atoms with Crippen molar-refractivity contribution in [3.63, 3.8) is 0 Å². The van der Waals surface area contributed by atoms with E-state index in [-0.39, 0.29) is 18.1 Å². The van der Waals surface area contributed by atoms with Gasteiger partial charge in [0.05, 0.1) is 13.0 Å². The highest BCUT2D eigenvalue weighted by Gasteiger charge is 2.00. The first kappa shape index (κ1) is 12.2. The SMILES string of the molecule is CCOC(=O)CC=Cc1cc(F)ccc1O. The molecule has 86 valence electrons. The van der Waals surface area contributed by atoms with Crippen LogP contribution in [0, 0.1) is 5.82 Å². The van der Waals surface area contributed by atoms with Gasteiger partial charge in [0.1, 0.15) is 11.6 Å². The second kappa shape index (κ2) is 5.90. The fourth-order valence-corrected chi connectivity index (χ4v) is 1.16. The fraction of sp³-hybridized carbons (Fsp3) is 0.250. The minimum Gasteiger partial charge on any atom is -0.507 e. The summed E-state index contributed by atoms with van der Waals surface area (Å²) < 4.78 is 17.5. The van der Waals surface area contributed by atoms with Gasteiger partial charge >= 0.3 is 5.97 Å². The fourth-order valence-electron chi connectivity index (χ4n) is 1.16. The lowest BCUT2D eigenvalue weighted by molar-refractivity contribution is -0.142. The van der Waals surface area contributed by atoms with Crippen LogP contribution in [0.4, 0.5) is 4.39 Å². The Labute approximate surface area is 93.2 Å². The van der Waals surface area contributed by atoms with E-state index in [1.807, 2.05) is 0 Å². The van der Waals surface area contributed by atoms with E-state index in [0.29, 0.717) is 12.2 Å². The predicted octanol–water partition coefficient (Wildman–Crippen LogP) is 2.50. The predicted molar refractivity (Wildman–Crippen MR) is 58.3 cm³/mol. The van der Waals surface area contributed by atoms with Gasteiger partial charge in [-0.1, -0.05) is 12.2 Å². The van der Waals surface area contributed by atoms with Crippen LogP contribution >= 0.6 is 0 Å². The number of aromatic hydroxyl groups is 1. The van der Waals surface area contributed by atoms with Crippen LogP contribution in [0.2, 0.25) is 0 Å². The van der Waals surface area contributed by atoms with Crippen LogP contribution in [0.3, 0.4) is 0 Å². The largest absolute Gasteiger partial charge is 0.507 e. The maximum atomic E-state index is 12.8. The number of hydrogen-bond acceptors (Lipinski definition) is 3. The van der Waals surface area contributed by atoms with Crippen molar-refractivity contribution in [1.29, 1.82) is 0 Å². The molecular weight excluding hydrogens is 211 g/mol. The summed E-state index contributed by atoms with van der Waals surface area (Å²) >= 11 is 0. The summed E-state index contributed by atoms with van der Waals surface area (Å²) in [5.74, 6) is -0.815. The van der Waals surface area contributed by atoms with E-state index in [0.717, 1.165) is 6.07 Å². The summed E-state index contributed by atoms with van der Waals surface area (Å²) in [6, 6.07) is 3.62. The highest BCUT2D eigenvalue weighted by molar-refractivity contribution is 5.73. The highest BCUT2D eigenvalue weighted by Crippen LogP contribution is 2.19. The van der Waals surface area contributed by atoms with Gasteiger partial charge in [0.15, 0.2) is 0 Å². The van der Waals surface area contributed by atoms with E-state index in [2.05, 4.69) is 0 Å². The Bertz CT molecular complexity index is 399. The molecule has 0 unspecified atom stereocenters. The molecular formula is C12H13FO3. The van der Waals surface area contributed by atoms with Gasteiger partial charge < -0.3 is 9.84 Å². The molecule has 4 heteroatoms. The van der Waals surface area contributed by atoms with Crippen molar-refractivity contribution in [3.05, 3.63) is 35.7 Å². The van der Waals surface area contributed by atoms with Crippen molar-refractivity contribution in [2.24, 2.45) is 0 Å². The zero-order valence-corrected chi connectivity index (χ0v) is 8.94. The van der Waals surface area contributed by atoms with Gasteiger partial charge in [-0.2, -0.15) is 0 Å². The van der Waals surface area contributed by atoms with E-state index in [4.69, 9.17) is 4.74 Å². The van der Waals surface area contributed by atoms with Crippen LogP contribution in [0.15, 0.2) is 24.3 Å². The molecule has 1 rings (SSSR count). The molecule has 0 spiro atoms. The molecule has 1 aromatic carbocycles. The summed E-state index contributed by atoms with van der Waals surface area (Å²) in [6.45, 7) is 2.05. The molecule has 16 heavy (non-hydrogen) atoms. The third-order valence-electron chi connectivity index (χ3n) is 1.88. The lowest BCUT2D eigenvalue weighted by Gasteiger charge is -1.99. The number of rotatable bonds is 4. The Morgan fingerprint density at radius 1 is 1.56 bits per heavy atom. The molecule has 0 aliphatic heterocycles. The molecule has 0 bridgehead atoms. The molecule has 0 aliphatic rings. The molecule has 1 N–H and O–H groups in total. The first-order valence-electron chi connectivity index (χ1n) is 4.94. The number of halogens is 1. The van der Waals surface area contributed by atoms with Crippen LogP contribution in [-0.2, 0) is 9.53 Å². The average Bonchev–Trinajstić information content (AvgIpc) is 2.23. The summed E-state index contributed by atoms with van der Waals surface area (Å²) in [5, 5.41) is 9.37. The average molecular weight is 224 g/mol. The lowest BCUT2D eigenvalue weighted by atomic mass is 10.1. The third-order valence-corrected chi connectivity index (χ3v) is 1.88. The first-order chi connectivity index (χ1) is 7.63. The summed E-state index contributed by atoms with van der Waals surface area (Å²) in [4.78, 5) is 11.0. The molecule has 0 saturated carbocycles. The minimum atomic E-state index is -0.436. The monoisotopic (exact) mass is 224 g/mol. The first-order valence-corrected chi connectivity index (χ1v) is 4.94. The second-order valence-electron chi connectivity index (χ2n) is 3.11. The highest BCUT2D eigenvalue weighted by atomic mass is 19.1. The number of phenolic OH excluding ortho intramolecular Hbond substituents is 1.